The number of carboxylic acids is 1. The Morgan fingerprint density at radius 3 is 2.47 bits per heavy atom. The fourth-order valence-corrected chi connectivity index (χ4v) is 1.78. The molecule has 0 bridgehead atoms. The smallest absolute Gasteiger partial charge is 0.339 e. The molecule has 1 heterocycles. The van der Waals surface area contributed by atoms with E-state index in [4.69, 9.17) is 14.6 Å². The predicted octanol–water partition coefficient (Wildman–Crippen LogP) is 2.46. The summed E-state index contributed by atoms with van der Waals surface area (Å²) in [5, 5.41) is 9.16. The summed E-state index contributed by atoms with van der Waals surface area (Å²) in [6, 6.07) is 8.76. The second kappa shape index (κ2) is 5.39. The standard InChI is InChI=1S/C14H13NO4/c1-18-12-6-4-3-5-9(12)11-7-10(14(16)17)13(19-2)8-15-11/h3-8H,1-2H3,(H,16,17). The van der Waals surface area contributed by atoms with Crippen LogP contribution >= 0.6 is 0 Å². The van der Waals surface area contributed by atoms with Crippen LogP contribution in [0.15, 0.2) is 36.5 Å². The number of pyridine rings is 1. The lowest BCUT2D eigenvalue weighted by atomic mass is 10.1. The lowest BCUT2D eigenvalue weighted by Gasteiger charge is -2.10. The van der Waals surface area contributed by atoms with Crippen LogP contribution < -0.4 is 9.47 Å². The molecule has 0 unspecified atom stereocenters. The van der Waals surface area contributed by atoms with E-state index in [2.05, 4.69) is 4.98 Å². The Balaban J connectivity index is 2.57. The topological polar surface area (TPSA) is 68.7 Å². The average molecular weight is 259 g/mol. The molecule has 0 saturated heterocycles. The highest BCUT2D eigenvalue weighted by Crippen LogP contribution is 2.30. The van der Waals surface area contributed by atoms with Crippen LogP contribution in [0.4, 0.5) is 0 Å². The van der Waals surface area contributed by atoms with E-state index < -0.39 is 5.97 Å². The molecule has 0 radical (unpaired) electrons. The second-order valence-corrected chi connectivity index (χ2v) is 3.78. The van der Waals surface area contributed by atoms with Gasteiger partial charge >= 0.3 is 5.97 Å². The summed E-state index contributed by atoms with van der Waals surface area (Å²) in [6.07, 6.45) is 1.39. The highest BCUT2D eigenvalue weighted by atomic mass is 16.5. The van der Waals surface area contributed by atoms with Gasteiger partial charge in [0.25, 0.3) is 0 Å². The summed E-state index contributed by atoms with van der Waals surface area (Å²) in [5.74, 6) is -0.196. The number of aromatic nitrogens is 1. The highest BCUT2D eigenvalue weighted by Gasteiger charge is 2.15. The quantitative estimate of drug-likeness (QED) is 0.913. The Hall–Kier alpha value is -2.56. The normalized spacial score (nSPS) is 10.0. The Bertz CT molecular complexity index is 610. The van der Waals surface area contributed by atoms with Gasteiger partial charge in [0.2, 0.25) is 0 Å². The van der Waals surface area contributed by atoms with Crippen molar-refractivity contribution >= 4 is 5.97 Å². The van der Waals surface area contributed by atoms with Crippen molar-refractivity contribution in [3.63, 3.8) is 0 Å². The first kappa shape index (κ1) is 12.9. The molecule has 1 aromatic carbocycles. The number of nitrogens with zero attached hydrogens (tertiary/aromatic N) is 1. The van der Waals surface area contributed by atoms with Crippen molar-refractivity contribution in [2.45, 2.75) is 0 Å². The monoisotopic (exact) mass is 259 g/mol. The van der Waals surface area contributed by atoms with Gasteiger partial charge in [-0.05, 0) is 18.2 Å². The summed E-state index contributed by atoms with van der Waals surface area (Å²) >= 11 is 0. The molecule has 0 saturated carbocycles. The molecule has 0 spiro atoms. The third-order valence-electron chi connectivity index (χ3n) is 2.70. The minimum absolute atomic E-state index is 0.0680. The summed E-state index contributed by atoms with van der Waals surface area (Å²) in [6.45, 7) is 0. The van der Waals surface area contributed by atoms with Crippen molar-refractivity contribution in [3.8, 4) is 22.8 Å². The molecule has 0 aliphatic carbocycles. The lowest BCUT2D eigenvalue weighted by molar-refractivity contribution is 0.0693. The van der Waals surface area contributed by atoms with Gasteiger partial charge in [-0.25, -0.2) is 4.79 Å². The zero-order valence-electron chi connectivity index (χ0n) is 10.6. The first-order chi connectivity index (χ1) is 9.17. The third kappa shape index (κ3) is 2.49. The van der Waals surface area contributed by atoms with E-state index in [0.717, 1.165) is 5.56 Å². The van der Waals surface area contributed by atoms with E-state index in [9.17, 15) is 4.79 Å². The van der Waals surface area contributed by atoms with Crippen LogP contribution in [-0.2, 0) is 0 Å². The molecule has 0 fully saturated rings. The molecule has 19 heavy (non-hydrogen) atoms. The zero-order valence-corrected chi connectivity index (χ0v) is 10.6. The number of methoxy groups -OCH3 is 2. The summed E-state index contributed by atoms with van der Waals surface area (Å²) in [5.41, 5.74) is 1.32. The van der Waals surface area contributed by atoms with Crippen molar-refractivity contribution < 1.29 is 19.4 Å². The van der Waals surface area contributed by atoms with E-state index in [1.807, 2.05) is 18.2 Å². The van der Waals surface area contributed by atoms with Gasteiger partial charge in [0.05, 0.1) is 26.1 Å². The summed E-state index contributed by atoms with van der Waals surface area (Å²) < 4.78 is 10.2. The zero-order chi connectivity index (χ0) is 13.8. The van der Waals surface area contributed by atoms with E-state index in [-0.39, 0.29) is 11.3 Å². The molecule has 98 valence electrons. The maximum atomic E-state index is 11.2. The molecule has 2 rings (SSSR count). The van der Waals surface area contributed by atoms with Crippen LogP contribution in [0.25, 0.3) is 11.3 Å². The molecule has 1 N–H and O–H groups in total. The van der Waals surface area contributed by atoms with Gasteiger partial charge in [0.15, 0.2) is 5.75 Å². The van der Waals surface area contributed by atoms with Gasteiger partial charge < -0.3 is 14.6 Å². The summed E-state index contributed by atoms with van der Waals surface area (Å²) in [7, 11) is 2.96. The number of rotatable bonds is 4. The Labute approximate surface area is 110 Å². The maximum absolute atomic E-state index is 11.2. The lowest BCUT2D eigenvalue weighted by Crippen LogP contribution is -2.02. The summed E-state index contributed by atoms with van der Waals surface area (Å²) in [4.78, 5) is 15.4. The Kier molecular flexibility index (Phi) is 3.66. The van der Waals surface area contributed by atoms with E-state index in [1.165, 1.54) is 19.4 Å². The molecule has 0 aliphatic rings. The molecule has 2 aromatic rings. The highest BCUT2D eigenvalue weighted by molar-refractivity contribution is 5.92. The first-order valence-corrected chi connectivity index (χ1v) is 5.58. The van der Waals surface area contributed by atoms with Crippen LogP contribution in [0, 0.1) is 0 Å². The van der Waals surface area contributed by atoms with Gasteiger partial charge in [-0.3, -0.25) is 4.98 Å². The van der Waals surface area contributed by atoms with Gasteiger partial charge in [-0.15, -0.1) is 0 Å². The third-order valence-corrected chi connectivity index (χ3v) is 2.70. The fraction of sp³-hybridized carbons (Fsp3) is 0.143. The van der Waals surface area contributed by atoms with Crippen molar-refractivity contribution in [2.24, 2.45) is 0 Å². The van der Waals surface area contributed by atoms with Crippen molar-refractivity contribution in [1.29, 1.82) is 0 Å². The van der Waals surface area contributed by atoms with Gasteiger partial charge in [0.1, 0.15) is 11.3 Å². The van der Waals surface area contributed by atoms with Crippen LogP contribution in [0.2, 0.25) is 0 Å². The number of hydrogen-bond donors (Lipinski definition) is 1. The van der Waals surface area contributed by atoms with Crippen LogP contribution in [0.1, 0.15) is 10.4 Å². The SMILES string of the molecule is COc1cnc(-c2ccccc2OC)cc1C(=O)O. The van der Waals surface area contributed by atoms with Gasteiger partial charge in [0, 0.05) is 5.56 Å². The number of carboxylic acid groups (broad SMARTS) is 1. The van der Waals surface area contributed by atoms with Crippen LogP contribution in [0.5, 0.6) is 11.5 Å². The maximum Gasteiger partial charge on any atom is 0.339 e. The van der Waals surface area contributed by atoms with Crippen molar-refractivity contribution in [3.05, 3.63) is 42.1 Å². The first-order valence-electron chi connectivity index (χ1n) is 5.58. The van der Waals surface area contributed by atoms with E-state index >= 15 is 0 Å². The Morgan fingerprint density at radius 1 is 1.16 bits per heavy atom. The molecule has 0 aliphatic heterocycles. The van der Waals surface area contributed by atoms with Crippen molar-refractivity contribution in [2.75, 3.05) is 14.2 Å². The molecule has 0 amide bonds. The minimum Gasteiger partial charge on any atom is -0.496 e. The Morgan fingerprint density at radius 2 is 1.84 bits per heavy atom. The number of ether oxygens (including phenoxy) is 2. The largest absolute Gasteiger partial charge is 0.496 e. The fourth-order valence-electron chi connectivity index (χ4n) is 1.78. The van der Waals surface area contributed by atoms with Crippen LogP contribution in [0.3, 0.4) is 0 Å². The predicted molar refractivity (Wildman–Crippen MR) is 69.7 cm³/mol. The number of aromatic carboxylic acids is 1. The number of carbonyl (C=O) groups is 1. The van der Waals surface area contributed by atoms with Crippen LogP contribution in [-0.4, -0.2) is 30.3 Å². The van der Waals surface area contributed by atoms with Gasteiger partial charge in [-0.1, -0.05) is 12.1 Å². The molecule has 0 atom stereocenters. The van der Waals surface area contributed by atoms with E-state index in [0.29, 0.717) is 11.4 Å². The van der Waals surface area contributed by atoms with Crippen molar-refractivity contribution in [1.82, 2.24) is 4.98 Å². The molecule has 1 aromatic heterocycles. The number of para-hydroxylation sites is 1. The second-order valence-electron chi connectivity index (χ2n) is 3.78. The number of benzene rings is 1. The molecule has 5 heteroatoms. The molecular formula is C14H13NO4. The molecular weight excluding hydrogens is 246 g/mol. The average Bonchev–Trinajstić information content (AvgIpc) is 2.46. The number of hydrogen-bond acceptors (Lipinski definition) is 4. The minimum atomic E-state index is -1.06. The van der Waals surface area contributed by atoms with E-state index in [1.54, 1.807) is 13.2 Å². The molecule has 5 nitrogen and oxygen atoms in total. The van der Waals surface area contributed by atoms with Gasteiger partial charge in [-0.2, -0.15) is 0 Å².